The molecule has 1 aromatic carbocycles. The molecule has 0 atom stereocenters. The third-order valence-corrected chi connectivity index (χ3v) is 3.04. The fourth-order valence-corrected chi connectivity index (χ4v) is 1.76. The number of hydrogen-bond donors (Lipinski definition) is 2. The minimum absolute atomic E-state index is 0.580. The van der Waals surface area contributed by atoms with Crippen molar-refractivity contribution >= 4 is 11.9 Å². The number of carboxylic acids is 2. The van der Waals surface area contributed by atoms with E-state index in [0.717, 1.165) is 18.7 Å². The number of ether oxygens (including phenoxy) is 2. The highest BCUT2D eigenvalue weighted by Crippen LogP contribution is 2.13. The van der Waals surface area contributed by atoms with Crippen molar-refractivity contribution in [3.63, 3.8) is 0 Å². The van der Waals surface area contributed by atoms with E-state index in [1.54, 1.807) is 12.5 Å². The van der Waals surface area contributed by atoms with Crippen LogP contribution in [0.25, 0.3) is 0 Å². The highest BCUT2D eigenvalue weighted by Gasteiger charge is 2.04. The summed E-state index contributed by atoms with van der Waals surface area (Å²) in [5.41, 5.74) is 1.29. The monoisotopic (exact) mass is 350 g/mol. The Morgan fingerprint density at radius 2 is 1.92 bits per heavy atom. The van der Waals surface area contributed by atoms with Gasteiger partial charge >= 0.3 is 11.9 Å². The number of aryl methyl sites for hydroxylation is 1. The number of hydrogen-bond acceptors (Lipinski definition) is 5. The van der Waals surface area contributed by atoms with Gasteiger partial charge in [0.15, 0.2) is 0 Å². The largest absolute Gasteiger partial charge is 0.491 e. The van der Waals surface area contributed by atoms with Crippen molar-refractivity contribution in [1.29, 1.82) is 0 Å². The number of carbonyl (C=O) groups is 2. The van der Waals surface area contributed by atoms with Gasteiger partial charge in [0.2, 0.25) is 0 Å². The standard InChI is InChI=1S/C15H20N2O2.C2H2O4/c1-2-14-4-3-5-15(12-14)19-11-10-18-9-8-17-7-6-16-13-17;3-1(4)2(5)6/h3-7,12-13H,2,8-11H2,1H3;(H,3,4)(H,5,6). The Morgan fingerprint density at radius 3 is 2.52 bits per heavy atom. The molecule has 2 rings (SSSR count). The van der Waals surface area contributed by atoms with Gasteiger partial charge in [0.25, 0.3) is 0 Å². The number of imidazole rings is 1. The minimum Gasteiger partial charge on any atom is -0.491 e. The van der Waals surface area contributed by atoms with E-state index in [2.05, 4.69) is 24.0 Å². The van der Waals surface area contributed by atoms with Gasteiger partial charge in [-0.25, -0.2) is 14.6 Å². The van der Waals surface area contributed by atoms with E-state index in [0.29, 0.717) is 19.8 Å². The van der Waals surface area contributed by atoms with Crippen LogP contribution in [0.2, 0.25) is 0 Å². The van der Waals surface area contributed by atoms with Crippen molar-refractivity contribution in [1.82, 2.24) is 9.55 Å². The normalized spacial score (nSPS) is 9.80. The lowest BCUT2D eigenvalue weighted by Gasteiger charge is -2.08. The topological polar surface area (TPSA) is 111 Å². The van der Waals surface area contributed by atoms with Gasteiger partial charge in [-0.2, -0.15) is 0 Å². The molecule has 0 unspecified atom stereocenters. The van der Waals surface area contributed by atoms with Gasteiger partial charge in [0.05, 0.1) is 19.5 Å². The molecule has 0 radical (unpaired) electrons. The highest BCUT2D eigenvalue weighted by atomic mass is 16.5. The third-order valence-electron chi connectivity index (χ3n) is 3.04. The Bertz CT molecular complexity index is 630. The summed E-state index contributed by atoms with van der Waals surface area (Å²) in [4.78, 5) is 22.2. The van der Waals surface area contributed by atoms with Crippen molar-refractivity contribution in [3.8, 4) is 5.75 Å². The highest BCUT2D eigenvalue weighted by molar-refractivity contribution is 6.27. The van der Waals surface area contributed by atoms with Gasteiger partial charge in [-0.15, -0.1) is 0 Å². The van der Waals surface area contributed by atoms with E-state index in [-0.39, 0.29) is 0 Å². The number of aliphatic carboxylic acids is 2. The molecule has 1 heterocycles. The van der Waals surface area contributed by atoms with Gasteiger partial charge < -0.3 is 24.3 Å². The first kappa shape index (κ1) is 20.2. The molecule has 0 bridgehead atoms. The Balaban J connectivity index is 0.000000450. The average Bonchev–Trinajstić information content (AvgIpc) is 3.12. The number of rotatable bonds is 8. The molecule has 0 aliphatic rings. The summed E-state index contributed by atoms with van der Waals surface area (Å²) >= 11 is 0. The van der Waals surface area contributed by atoms with Crippen LogP contribution in [0.5, 0.6) is 5.75 Å². The zero-order chi connectivity index (χ0) is 18.5. The average molecular weight is 350 g/mol. The van der Waals surface area contributed by atoms with E-state index in [1.165, 1.54) is 5.56 Å². The van der Waals surface area contributed by atoms with Crippen molar-refractivity contribution in [2.24, 2.45) is 0 Å². The predicted octanol–water partition coefficient (Wildman–Crippen LogP) is 1.70. The summed E-state index contributed by atoms with van der Waals surface area (Å²) in [7, 11) is 0. The van der Waals surface area contributed by atoms with Crippen molar-refractivity contribution in [2.45, 2.75) is 19.9 Å². The Kier molecular flexibility index (Phi) is 9.39. The molecule has 8 nitrogen and oxygen atoms in total. The third kappa shape index (κ3) is 9.11. The molecular formula is C17H22N2O6. The molecule has 0 aliphatic carbocycles. The second kappa shape index (κ2) is 11.6. The van der Waals surface area contributed by atoms with Gasteiger partial charge in [0, 0.05) is 18.9 Å². The van der Waals surface area contributed by atoms with E-state index >= 15 is 0 Å². The van der Waals surface area contributed by atoms with Crippen LogP contribution in [0.1, 0.15) is 12.5 Å². The molecule has 136 valence electrons. The van der Waals surface area contributed by atoms with Gasteiger partial charge in [-0.1, -0.05) is 19.1 Å². The van der Waals surface area contributed by atoms with Crippen LogP contribution in [0.3, 0.4) is 0 Å². The van der Waals surface area contributed by atoms with E-state index in [1.807, 2.05) is 22.9 Å². The Labute approximate surface area is 145 Å². The Hall–Kier alpha value is -2.87. The molecule has 0 saturated heterocycles. The molecule has 0 fully saturated rings. The first-order valence-corrected chi connectivity index (χ1v) is 7.74. The number of aromatic nitrogens is 2. The number of nitrogens with zero attached hydrogens (tertiary/aromatic N) is 2. The zero-order valence-electron chi connectivity index (χ0n) is 14.0. The Morgan fingerprint density at radius 1 is 1.16 bits per heavy atom. The first-order chi connectivity index (χ1) is 12.0. The quantitative estimate of drug-likeness (QED) is 0.550. The maximum absolute atomic E-state index is 9.10. The molecule has 2 aromatic rings. The second-order valence-corrected chi connectivity index (χ2v) is 4.87. The van der Waals surface area contributed by atoms with Crippen molar-refractivity contribution in [3.05, 3.63) is 48.5 Å². The molecule has 25 heavy (non-hydrogen) atoms. The van der Waals surface area contributed by atoms with Crippen LogP contribution in [0.4, 0.5) is 0 Å². The van der Waals surface area contributed by atoms with Crippen LogP contribution in [-0.2, 0) is 27.3 Å². The summed E-state index contributed by atoms with van der Waals surface area (Å²) in [6.45, 7) is 4.82. The fraction of sp³-hybridized carbons (Fsp3) is 0.353. The molecule has 0 amide bonds. The first-order valence-electron chi connectivity index (χ1n) is 7.74. The number of benzene rings is 1. The molecule has 8 heteroatoms. The van der Waals surface area contributed by atoms with Crippen molar-refractivity contribution < 1.29 is 29.3 Å². The fourth-order valence-electron chi connectivity index (χ4n) is 1.76. The predicted molar refractivity (Wildman–Crippen MR) is 89.6 cm³/mol. The summed E-state index contributed by atoms with van der Waals surface area (Å²) in [5, 5.41) is 14.8. The van der Waals surface area contributed by atoms with Crippen molar-refractivity contribution in [2.75, 3.05) is 19.8 Å². The lowest BCUT2D eigenvalue weighted by Crippen LogP contribution is -2.10. The molecular weight excluding hydrogens is 328 g/mol. The van der Waals surface area contributed by atoms with E-state index < -0.39 is 11.9 Å². The van der Waals surface area contributed by atoms with E-state index in [9.17, 15) is 0 Å². The summed E-state index contributed by atoms with van der Waals surface area (Å²) in [6.07, 6.45) is 6.51. The van der Waals surface area contributed by atoms with Crippen LogP contribution in [0.15, 0.2) is 43.0 Å². The summed E-state index contributed by atoms with van der Waals surface area (Å²) in [5.74, 6) is -2.73. The lowest BCUT2D eigenvalue weighted by molar-refractivity contribution is -0.159. The minimum atomic E-state index is -1.82. The van der Waals surface area contributed by atoms with Gasteiger partial charge in [-0.3, -0.25) is 0 Å². The smallest absolute Gasteiger partial charge is 0.414 e. The van der Waals surface area contributed by atoms with Crippen LogP contribution >= 0.6 is 0 Å². The second-order valence-electron chi connectivity index (χ2n) is 4.87. The molecule has 0 saturated carbocycles. The van der Waals surface area contributed by atoms with Crippen LogP contribution in [0, 0.1) is 0 Å². The van der Waals surface area contributed by atoms with Crippen LogP contribution in [-0.4, -0.2) is 51.5 Å². The molecule has 2 N–H and O–H groups in total. The zero-order valence-corrected chi connectivity index (χ0v) is 14.0. The summed E-state index contributed by atoms with van der Waals surface area (Å²) in [6, 6.07) is 8.18. The number of carboxylic acid groups (broad SMARTS) is 2. The van der Waals surface area contributed by atoms with Gasteiger partial charge in [-0.05, 0) is 24.1 Å². The van der Waals surface area contributed by atoms with E-state index in [4.69, 9.17) is 29.3 Å². The SMILES string of the molecule is CCc1cccc(OCCOCCn2ccnc2)c1.O=C(O)C(=O)O. The molecule has 1 aromatic heterocycles. The lowest BCUT2D eigenvalue weighted by atomic mass is 10.2. The maximum Gasteiger partial charge on any atom is 0.414 e. The molecule has 0 aliphatic heterocycles. The molecule has 0 spiro atoms. The summed E-state index contributed by atoms with van der Waals surface area (Å²) < 4.78 is 13.1. The maximum atomic E-state index is 9.10. The van der Waals surface area contributed by atoms with Crippen LogP contribution < -0.4 is 4.74 Å². The van der Waals surface area contributed by atoms with Gasteiger partial charge in [0.1, 0.15) is 12.4 Å².